The molecule has 0 aliphatic carbocycles. The molecule has 0 amide bonds. The van der Waals surface area contributed by atoms with Crippen molar-refractivity contribution in [2.24, 2.45) is 0 Å². The maximum absolute atomic E-state index is 13.2. The number of hydrogen-bond acceptors (Lipinski definition) is 5. The van der Waals surface area contributed by atoms with Gasteiger partial charge in [-0.2, -0.15) is 0 Å². The molecule has 0 bridgehead atoms. The van der Waals surface area contributed by atoms with Crippen LogP contribution in [0.15, 0.2) is 34.8 Å². The third-order valence-corrected chi connectivity index (χ3v) is 4.70. The van der Waals surface area contributed by atoms with Crippen molar-refractivity contribution in [3.8, 4) is 0 Å². The minimum absolute atomic E-state index is 0.222. The molecule has 0 aliphatic rings. The molecule has 0 saturated heterocycles. The summed E-state index contributed by atoms with van der Waals surface area (Å²) >= 11 is 3.01. The Bertz CT molecular complexity index is 770. The number of benzene rings is 1. The van der Waals surface area contributed by atoms with E-state index in [0.717, 1.165) is 21.3 Å². The molecule has 0 unspecified atom stereocenters. The van der Waals surface area contributed by atoms with Crippen LogP contribution in [-0.4, -0.2) is 9.97 Å². The highest BCUT2D eigenvalue weighted by molar-refractivity contribution is 7.98. The van der Waals surface area contributed by atoms with Crippen LogP contribution in [0.2, 0.25) is 0 Å². The largest absolute Gasteiger partial charge is 0.383 e. The summed E-state index contributed by atoms with van der Waals surface area (Å²) < 4.78 is 13.2. The van der Waals surface area contributed by atoms with E-state index in [4.69, 9.17) is 5.73 Å². The number of nitrogens with zero attached hydrogens (tertiary/aromatic N) is 2. The topological polar surface area (TPSA) is 51.8 Å². The number of fused-ring (bicyclic) bond motifs is 1. The molecule has 2 heterocycles. The predicted octanol–water partition coefficient (Wildman–Crippen LogP) is 4.01. The van der Waals surface area contributed by atoms with Gasteiger partial charge >= 0.3 is 0 Å². The Morgan fingerprint density at radius 1 is 1.30 bits per heavy atom. The number of aryl methyl sites for hydroxylation is 1. The van der Waals surface area contributed by atoms with Crippen LogP contribution in [0.25, 0.3) is 10.2 Å². The Morgan fingerprint density at radius 3 is 3.00 bits per heavy atom. The Morgan fingerprint density at radius 2 is 2.15 bits per heavy atom. The lowest BCUT2D eigenvalue weighted by atomic mass is 10.1. The van der Waals surface area contributed by atoms with Gasteiger partial charge in [-0.25, -0.2) is 14.4 Å². The lowest BCUT2D eigenvalue weighted by Crippen LogP contribution is -1.96. The minimum Gasteiger partial charge on any atom is -0.383 e. The zero-order valence-corrected chi connectivity index (χ0v) is 12.4. The monoisotopic (exact) mass is 305 g/mol. The molecule has 1 aromatic carbocycles. The van der Waals surface area contributed by atoms with Gasteiger partial charge in [0.1, 0.15) is 16.5 Å². The number of nitrogen functional groups attached to an aromatic ring is 1. The number of anilines is 1. The molecule has 0 saturated carbocycles. The van der Waals surface area contributed by atoms with Crippen LogP contribution in [-0.2, 0) is 5.75 Å². The van der Waals surface area contributed by atoms with Gasteiger partial charge in [-0.15, -0.1) is 11.3 Å². The van der Waals surface area contributed by atoms with Crippen LogP contribution >= 0.6 is 23.1 Å². The van der Waals surface area contributed by atoms with Crippen molar-refractivity contribution in [3.05, 3.63) is 46.6 Å². The van der Waals surface area contributed by atoms with Crippen molar-refractivity contribution in [1.82, 2.24) is 9.97 Å². The van der Waals surface area contributed by atoms with Gasteiger partial charge < -0.3 is 5.73 Å². The lowest BCUT2D eigenvalue weighted by molar-refractivity contribution is 0.626. The number of aromatic nitrogens is 2. The summed E-state index contributed by atoms with van der Waals surface area (Å²) in [7, 11) is 0. The predicted molar refractivity (Wildman–Crippen MR) is 82.5 cm³/mol. The summed E-state index contributed by atoms with van der Waals surface area (Å²) in [6.45, 7) is 1.97. The van der Waals surface area contributed by atoms with Crippen LogP contribution in [0, 0.1) is 12.7 Å². The van der Waals surface area contributed by atoms with Gasteiger partial charge in [0.2, 0.25) is 0 Å². The summed E-state index contributed by atoms with van der Waals surface area (Å²) in [5, 5.41) is 3.46. The summed E-state index contributed by atoms with van der Waals surface area (Å²) in [6.07, 6.45) is 0. The van der Waals surface area contributed by atoms with Crippen LogP contribution in [0.4, 0.5) is 10.2 Å². The molecule has 3 aromatic rings. The highest BCUT2D eigenvalue weighted by atomic mass is 32.2. The van der Waals surface area contributed by atoms with Gasteiger partial charge in [-0.3, -0.25) is 0 Å². The van der Waals surface area contributed by atoms with E-state index >= 15 is 0 Å². The van der Waals surface area contributed by atoms with Crippen molar-refractivity contribution in [2.75, 3.05) is 5.73 Å². The molecule has 2 N–H and O–H groups in total. The van der Waals surface area contributed by atoms with Crippen molar-refractivity contribution in [3.63, 3.8) is 0 Å². The van der Waals surface area contributed by atoms with Crippen molar-refractivity contribution >= 4 is 39.1 Å². The zero-order valence-electron chi connectivity index (χ0n) is 10.8. The first kappa shape index (κ1) is 13.3. The Kier molecular flexibility index (Phi) is 3.58. The SMILES string of the molecule is Cc1ccc(F)cc1CSc1nc(N)c2ccsc2n1. The first-order valence-electron chi connectivity index (χ1n) is 6.02. The Labute approximate surface area is 124 Å². The fraction of sp³-hybridized carbons (Fsp3) is 0.143. The number of rotatable bonds is 3. The van der Waals surface area contributed by atoms with Crippen LogP contribution < -0.4 is 5.73 Å². The maximum atomic E-state index is 13.2. The van der Waals surface area contributed by atoms with Crippen LogP contribution in [0.1, 0.15) is 11.1 Å². The fourth-order valence-corrected chi connectivity index (χ4v) is 3.60. The summed E-state index contributed by atoms with van der Waals surface area (Å²) in [5.74, 6) is 0.898. The van der Waals surface area contributed by atoms with Crippen LogP contribution in [0.5, 0.6) is 0 Å². The van der Waals surface area contributed by atoms with E-state index in [1.807, 2.05) is 18.4 Å². The normalized spacial score (nSPS) is 11.1. The molecule has 3 nitrogen and oxygen atoms in total. The second-order valence-corrected chi connectivity index (χ2v) is 6.23. The number of halogens is 1. The molecule has 6 heteroatoms. The average molecular weight is 305 g/mol. The van der Waals surface area contributed by atoms with E-state index in [2.05, 4.69) is 9.97 Å². The first-order chi connectivity index (χ1) is 9.63. The summed E-state index contributed by atoms with van der Waals surface area (Å²) in [4.78, 5) is 9.63. The summed E-state index contributed by atoms with van der Waals surface area (Å²) in [5.41, 5.74) is 7.91. The van der Waals surface area contributed by atoms with E-state index in [1.165, 1.54) is 29.2 Å². The van der Waals surface area contributed by atoms with E-state index in [9.17, 15) is 4.39 Å². The number of thiophene rings is 1. The Balaban J connectivity index is 1.84. The maximum Gasteiger partial charge on any atom is 0.191 e. The summed E-state index contributed by atoms with van der Waals surface area (Å²) in [6, 6.07) is 6.72. The molecular weight excluding hydrogens is 293 g/mol. The molecule has 0 radical (unpaired) electrons. The van der Waals surface area contributed by atoms with E-state index < -0.39 is 0 Å². The van der Waals surface area contributed by atoms with E-state index in [0.29, 0.717) is 16.7 Å². The first-order valence-corrected chi connectivity index (χ1v) is 7.88. The molecule has 0 fully saturated rings. The molecule has 102 valence electrons. The quantitative estimate of drug-likeness (QED) is 0.586. The molecule has 3 rings (SSSR count). The van der Waals surface area contributed by atoms with Crippen molar-refractivity contribution in [1.29, 1.82) is 0 Å². The number of nitrogens with two attached hydrogens (primary N) is 1. The van der Waals surface area contributed by atoms with E-state index in [-0.39, 0.29) is 5.82 Å². The highest BCUT2D eigenvalue weighted by Gasteiger charge is 2.08. The second-order valence-electron chi connectivity index (χ2n) is 4.39. The molecule has 2 aromatic heterocycles. The van der Waals surface area contributed by atoms with Crippen molar-refractivity contribution in [2.45, 2.75) is 17.8 Å². The number of hydrogen-bond donors (Lipinski definition) is 1. The third kappa shape index (κ3) is 2.62. The zero-order chi connectivity index (χ0) is 14.1. The van der Waals surface area contributed by atoms with Gasteiger partial charge in [0.25, 0.3) is 0 Å². The van der Waals surface area contributed by atoms with Gasteiger partial charge in [0.15, 0.2) is 5.16 Å². The molecule has 0 spiro atoms. The van der Waals surface area contributed by atoms with E-state index in [1.54, 1.807) is 12.1 Å². The van der Waals surface area contributed by atoms with Crippen molar-refractivity contribution < 1.29 is 4.39 Å². The minimum atomic E-state index is -0.222. The molecular formula is C14H12FN3S2. The van der Waals surface area contributed by atoms with Crippen LogP contribution in [0.3, 0.4) is 0 Å². The molecule has 0 atom stereocenters. The molecule has 20 heavy (non-hydrogen) atoms. The smallest absolute Gasteiger partial charge is 0.191 e. The lowest BCUT2D eigenvalue weighted by Gasteiger charge is -2.06. The number of thioether (sulfide) groups is 1. The fourth-order valence-electron chi connectivity index (χ4n) is 1.86. The average Bonchev–Trinajstić information content (AvgIpc) is 2.89. The van der Waals surface area contributed by atoms with Gasteiger partial charge in [-0.05, 0) is 41.6 Å². The third-order valence-electron chi connectivity index (χ3n) is 3.00. The van der Waals surface area contributed by atoms with Gasteiger partial charge in [0, 0.05) is 5.75 Å². The highest BCUT2D eigenvalue weighted by Crippen LogP contribution is 2.28. The standard InChI is InChI=1S/C14H12FN3S2/c1-8-2-3-10(15)6-9(8)7-20-14-17-12(16)11-4-5-19-13(11)18-14/h2-6H,7H2,1H3,(H2,16,17,18). The second kappa shape index (κ2) is 5.38. The molecule has 0 aliphatic heterocycles. The van der Waals surface area contributed by atoms with Gasteiger partial charge in [0.05, 0.1) is 5.39 Å². The van der Waals surface area contributed by atoms with Gasteiger partial charge in [-0.1, -0.05) is 17.8 Å². The Hall–Kier alpha value is -1.66.